The summed E-state index contributed by atoms with van der Waals surface area (Å²) < 4.78 is 10.1. The second-order valence-electron chi connectivity index (χ2n) is 3.36. The molecule has 2 aliphatic heterocycles. The molecule has 6 nitrogen and oxygen atoms in total. The predicted octanol–water partition coefficient (Wildman–Crippen LogP) is -2.81. The summed E-state index contributed by atoms with van der Waals surface area (Å²) in [4.78, 5) is 0. The number of fused-ring (bicyclic) bond motifs is 2. The van der Waals surface area contributed by atoms with Gasteiger partial charge in [0.2, 0.25) is 5.79 Å². The fraction of sp³-hybridized carbons (Fsp3) is 1.00. The van der Waals surface area contributed by atoms with Crippen LogP contribution in [0.5, 0.6) is 0 Å². The van der Waals surface area contributed by atoms with Crippen LogP contribution >= 0.6 is 0 Å². The van der Waals surface area contributed by atoms with Gasteiger partial charge in [-0.15, -0.1) is 0 Å². The highest BCUT2D eigenvalue weighted by molar-refractivity contribution is 5.00. The first-order chi connectivity index (χ1) is 6.10. The number of aliphatic hydroxyl groups is 4. The molecule has 5 atom stereocenters. The summed E-state index contributed by atoms with van der Waals surface area (Å²) in [5.41, 5.74) is 0. The Kier molecular flexibility index (Phi) is 2.06. The maximum Gasteiger partial charge on any atom is 0.221 e. The van der Waals surface area contributed by atoms with E-state index in [9.17, 15) is 15.3 Å². The topological polar surface area (TPSA) is 99.4 Å². The Morgan fingerprint density at radius 1 is 1.23 bits per heavy atom. The average molecular weight is 192 g/mol. The van der Waals surface area contributed by atoms with Gasteiger partial charge in [-0.1, -0.05) is 0 Å². The highest BCUT2D eigenvalue weighted by Gasteiger charge is 2.58. The Hall–Kier alpha value is -0.240. The van der Waals surface area contributed by atoms with Gasteiger partial charge in [0.15, 0.2) is 0 Å². The molecule has 0 aromatic rings. The van der Waals surface area contributed by atoms with Crippen molar-refractivity contribution in [3.05, 3.63) is 0 Å². The number of hydrogen-bond donors (Lipinski definition) is 4. The molecule has 2 bridgehead atoms. The van der Waals surface area contributed by atoms with Crippen molar-refractivity contribution in [3.63, 3.8) is 0 Å². The van der Waals surface area contributed by atoms with Gasteiger partial charge < -0.3 is 29.9 Å². The molecular weight excluding hydrogens is 180 g/mol. The van der Waals surface area contributed by atoms with Crippen molar-refractivity contribution < 1.29 is 29.9 Å². The first-order valence-corrected chi connectivity index (χ1v) is 4.07. The maximum atomic E-state index is 9.47. The fourth-order valence-corrected chi connectivity index (χ4v) is 1.71. The lowest BCUT2D eigenvalue weighted by Gasteiger charge is -2.39. The Bertz CT molecular complexity index is 209. The van der Waals surface area contributed by atoms with E-state index in [1.165, 1.54) is 0 Å². The largest absolute Gasteiger partial charge is 0.391 e. The van der Waals surface area contributed by atoms with Crippen molar-refractivity contribution in [2.24, 2.45) is 0 Å². The second kappa shape index (κ2) is 2.88. The van der Waals surface area contributed by atoms with E-state index in [0.29, 0.717) is 0 Å². The highest BCUT2D eigenvalue weighted by Crippen LogP contribution is 2.36. The van der Waals surface area contributed by atoms with E-state index in [1.54, 1.807) is 0 Å². The molecular formula is C7H12O6. The molecule has 4 N–H and O–H groups in total. The Balaban J connectivity index is 2.25. The summed E-state index contributed by atoms with van der Waals surface area (Å²) in [6.07, 6.45) is -4.61. The monoisotopic (exact) mass is 192 g/mol. The lowest BCUT2D eigenvalue weighted by Crippen LogP contribution is -2.62. The van der Waals surface area contributed by atoms with Crippen LogP contribution in [0.25, 0.3) is 0 Å². The smallest absolute Gasteiger partial charge is 0.221 e. The molecule has 0 amide bonds. The van der Waals surface area contributed by atoms with Gasteiger partial charge in [-0.25, -0.2) is 0 Å². The molecule has 76 valence electrons. The Labute approximate surface area is 74.3 Å². The zero-order valence-corrected chi connectivity index (χ0v) is 6.83. The zero-order chi connectivity index (χ0) is 9.64. The zero-order valence-electron chi connectivity index (χ0n) is 6.83. The van der Waals surface area contributed by atoms with Crippen LogP contribution in [0.2, 0.25) is 0 Å². The van der Waals surface area contributed by atoms with Crippen molar-refractivity contribution in [2.75, 3.05) is 13.2 Å². The Morgan fingerprint density at radius 2 is 1.92 bits per heavy atom. The highest BCUT2D eigenvalue weighted by atomic mass is 16.8. The van der Waals surface area contributed by atoms with E-state index < -0.39 is 36.8 Å². The summed E-state index contributed by atoms with van der Waals surface area (Å²) in [5, 5.41) is 37.1. The normalized spacial score (nSPS) is 55.4. The molecule has 0 unspecified atom stereocenters. The van der Waals surface area contributed by atoms with E-state index in [2.05, 4.69) is 0 Å². The molecule has 2 heterocycles. The van der Waals surface area contributed by atoms with Gasteiger partial charge in [0.1, 0.15) is 31.0 Å². The van der Waals surface area contributed by atoms with E-state index in [-0.39, 0.29) is 6.61 Å². The molecule has 0 aromatic carbocycles. The fourth-order valence-electron chi connectivity index (χ4n) is 1.71. The lowest BCUT2D eigenvalue weighted by atomic mass is 9.95. The van der Waals surface area contributed by atoms with E-state index in [1.807, 2.05) is 0 Å². The third-order valence-electron chi connectivity index (χ3n) is 2.57. The van der Waals surface area contributed by atoms with Crippen LogP contribution in [-0.2, 0) is 9.47 Å². The summed E-state index contributed by atoms with van der Waals surface area (Å²) in [7, 11) is 0. The average Bonchev–Trinajstić information content (AvgIpc) is 2.55. The van der Waals surface area contributed by atoms with Gasteiger partial charge in [0.25, 0.3) is 0 Å². The Morgan fingerprint density at radius 3 is 2.54 bits per heavy atom. The minimum absolute atomic E-state index is 0.0653. The van der Waals surface area contributed by atoms with Crippen LogP contribution in [0.15, 0.2) is 0 Å². The maximum absolute atomic E-state index is 9.47. The SMILES string of the molecule is OC[C@@]12OC[C@@H](O1)[C@@H](O)[C@H](O)[C@@H]2O. The van der Waals surface area contributed by atoms with Gasteiger partial charge in [0, 0.05) is 0 Å². The summed E-state index contributed by atoms with van der Waals surface area (Å²) in [5.74, 6) is -1.55. The first kappa shape index (κ1) is 9.32. The van der Waals surface area contributed by atoms with Crippen molar-refractivity contribution in [1.82, 2.24) is 0 Å². The third-order valence-corrected chi connectivity index (χ3v) is 2.57. The molecule has 6 heteroatoms. The van der Waals surface area contributed by atoms with Crippen LogP contribution in [-0.4, -0.2) is 63.8 Å². The van der Waals surface area contributed by atoms with Crippen LogP contribution < -0.4 is 0 Å². The minimum atomic E-state index is -1.55. The standard InChI is InChI=1S/C7H12O6/c8-2-7-6(11)5(10)4(9)3(13-7)1-12-7/h3-6,8-11H,1-2H2/t3-,4-,5+,6+,7-/m1/s1. The first-order valence-electron chi connectivity index (χ1n) is 4.07. The van der Waals surface area contributed by atoms with Crippen molar-refractivity contribution in [2.45, 2.75) is 30.2 Å². The molecule has 0 spiro atoms. The van der Waals surface area contributed by atoms with Crippen LogP contribution in [0.3, 0.4) is 0 Å². The van der Waals surface area contributed by atoms with E-state index in [4.69, 9.17) is 14.6 Å². The van der Waals surface area contributed by atoms with Crippen molar-refractivity contribution in [1.29, 1.82) is 0 Å². The second-order valence-corrected chi connectivity index (χ2v) is 3.36. The predicted molar refractivity (Wildman–Crippen MR) is 38.7 cm³/mol. The number of hydrogen-bond acceptors (Lipinski definition) is 6. The number of rotatable bonds is 1. The minimum Gasteiger partial charge on any atom is -0.391 e. The quantitative estimate of drug-likeness (QED) is 0.358. The number of aliphatic hydroxyl groups excluding tert-OH is 4. The number of ether oxygens (including phenoxy) is 2. The van der Waals surface area contributed by atoms with Crippen LogP contribution in [0, 0.1) is 0 Å². The van der Waals surface area contributed by atoms with Gasteiger partial charge in [-0.2, -0.15) is 0 Å². The summed E-state index contributed by atoms with van der Waals surface area (Å²) >= 11 is 0. The van der Waals surface area contributed by atoms with Crippen LogP contribution in [0.4, 0.5) is 0 Å². The van der Waals surface area contributed by atoms with Gasteiger partial charge >= 0.3 is 0 Å². The third kappa shape index (κ3) is 1.11. The van der Waals surface area contributed by atoms with Crippen molar-refractivity contribution in [3.8, 4) is 0 Å². The lowest BCUT2D eigenvalue weighted by molar-refractivity contribution is -0.305. The van der Waals surface area contributed by atoms with E-state index in [0.717, 1.165) is 0 Å². The van der Waals surface area contributed by atoms with Gasteiger partial charge in [0.05, 0.1) is 6.61 Å². The van der Waals surface area contributed by atoms with E-state index >= 15 is 0 Å². The molecule has 2 rings (SSSR count). The molecule has 2 saturated heterocycles. The molecule has 0 saturated carbocycles. The molecule has 0 aliphatic carbocycles. The molecule has 0 aromatic heterocycles. The van der Waals surface area contributed by atoms with Crippen LogP contribution in [0.1, 0.15) is 0 Å². The van der Waals surface area contributed by atoms with Gasteiger partial charge in [-0.05, 0) is 0 Å². The van der Waals surface area contributed by atoms with Crippen molar-refractivity contribution >= 4 is 0 Å². The molecule has 2 aliphatic rings. The molecule has 0 radical (unpaired) electrons. The summed E-state index contributed by atoms with van der Waals surface area (Å²) in [6, 6.07) is 0. The van der Waals surface area contributed by atoms with Gasteiger partial charge in [-0.3, -0.25) is 0 Å². The molecule has 13 heavy (non-hydrogen) atoms. The molecule has 2 fully saturated rings. The summed E-state index contributed by atoms with van der Waals surface area (Å²) in [6.45, 7) is -0.482.